The average molecular weight is 586 g/mol. The second-order valence-corrected chi connectivity index (χ2v) is 9.42. The van der Waals surface area contributed by atoms with Crippen LogP contribution in [0.5, 0.6) is 11.5 Å². The molecule has 0 heterocycles. The van der Waals surface area contributed by atoms with E-state index in [0.717, 1.165) is 21.9 Å². The molecule has 0 unspecified atom stereocenters. The molecule has 0 radical (unpaired) electrons. The minimum Gasteiger partial charge on any atom is -0.490 e. The maximum atomic E-state index is 12.8. The van der Waals surface area contributed by atoms with Gasteiger partial charge in [0.15, 0.2) is 11.5 Å². The first-order valence-corrected chi connectivity index (χ1v) is 12.8. The van der Waals surface area contributed by atoms with Crippen molar-refractivity contribution >= 4 is 50.1 Å². The van der Waals surface area contributed by atoms with Gasteiger partial charge in [0.25, 0.3) is 11.6 Å². The molecular weight excluding hydrogens is 562 g/mol. The van der Waals surface area contributed by atoms with Crippen LogP contribution in [0.2, 0.25) is 0 Å². The lowest BCUT2D eigenvalue weighted by atomic mass is 10.0. The predicted octanol–water partition coefficient (Wildman–Crippen LogP) is 7.34. The van der Waals surface area contributed by atoms with Gasteiger partial charge in [-0.15, -0.1) is 0 Å². The highest BCUT2D eigenvalue weighted by Crippen LogP contribution is 2.38. The van der Waals surface area contributed by atoms with Crippen LogP contribution >= 0.6 is 15.9 Å². The smallest absolute Gasteiger partial charge is 0.271 e. The summed E-state index contributed by atoms with van der Waals surface area (Å²) in [5, 5.41) is 25.4. The Hall–Kier alpha value is -4.68. The molecule has 196 valence electrons. The topological polar surface area (TPSA) is 114 Å². The summed E-state index contributed by atoms with van der Waals surface area (Å²) in [6, 6.07) is 23.1. The molecule has 4 aromatic rings. The van der Waals surface area contributed by atoms with Gasteiger partial charge in [0.1, 0.15) is 18.2 Å². The van der Waals surface area contributed by atoms with Crippen molar-refractivity contribution in [3.05, 3.63) is 110 Å². The van der Waals surface area contributed by atoms with E-state index in [9.17, 15) is 20.2 Å². The molecule has 0 bridgehead atoms. The predicted molar refractivity (Wildman–Crippen MR) is 154 cm³/mol. The Morgan fingerprint density at radius 2 is 1.90 bits per heavy atom. The molecule has 0 saturated carbocycles. The molecular formula is C30H24BrN3O5. The highest BCUT2D eigenvalue weighted by atomic mass is 79.9. The Labute approximate surface area is 233 Å². The van der Waals surface area contributed by atoms with Gasteiger partial charge < -0.3 is 14.8 Å². The van der Waals surface area contributed by atoms with Gasteiger partial charge in [0.05, 0.1) is 16.0 Å². The zero-order valence-electron chi connectivity index (χ0n) is 21.2. The van der Waals surface area contributed by atoms with Gasteiger partial charge >= 0.3 is 0 Å². The number of aryl methyl sites for hydroxylation is 1. The lowest BCUT2D eigenvalue weighted by molar-refractivity contribution is -0.384. The molecule has 0 aromatic heterocycles. The Balaban J connectivity index is 1.61. The number of fused-ring (bicyclic) bond motifs is 1. The van der Waals surface area contributed by atoms with Gasteiger partial charge in [-0.3, -0.25) is 14.9 Å². The first-order chi connectivity index (χ1) is 18.8. The Bertz CT molecular complexity index is 1640. The van der Waals surface area contributed by atoms with Crippen molar-refractivity contribution in [3.63, 3.8) is 0 Å². The molecule has 0 spiro atoms. The highest BCUT2D eigenvalue weighted by molar-refractivity contribution is 9.10. The van der Waals surface area contributed by atoms with Crippen LogP contribution in [0.4, 0.5) is 11.4 Å². The molecule has 0 aliphatic carbocycles. The van der Waals surface area contributed by atoms with Gasteiger partial charge in [-0.05, 0) is 76.0 Å². The minimum absolute atomic E-state index is 0.171. The Morgan fingerprint density at radius 1 is 1.10 bits per heavy atom. The number of nitriles is 1. The fourth-order valence-corrected chi connectivity index (χ4v) is 4.64. The van der Waals surface area contributed by atoms with E-state index in [0.29, 0.717) is 34.7 Å². The summed E-state index contributed by atoms with van der Waals surface area (Å²) >= 11 is 3.55. The number of amides is 1. The number of nitro groups is 1. The third-order valence-electron chi connectivity index (χ3n) is 5.96. The van der Waals surface area contributed by atoms with Crippen LogP contribution in [-0.4, -0.2) is 17.4 Å². The summed E-state index contributed by atoms with van der Waals surface area (Å²) in [5.74, 6) is 0.257. The van der Waals surface area contributed by atoms with Crippen molar-refractivity contribution in [3.8, 4) is 17.6 Å². The first-order valence-electron chi connectivity index (χ1n) is 12.0. The molecule has 4 rings (SSSR count). The number of hydrogen-bond acceptors (Lipinski definition) is 6. The van der Waals surface area contributed by atoms with Gasteiger partial charge in [-0.1, -0.05) is 42.5 Å². The van der Waals surface area contributed by atoms with Crippen LogP contribution in [0.15, 0.2) is 82.8 Å². The zero-order chi connectivity index (χ0) is 27.9. The van der Waals surface area contributed by atoms with Crippen LogP contribution in [0.1, 0.15) is 23.6 Å². The van der Waals surface area contributed by atoms with Crippen LogP contribution in [-0.2, 0) is 11.4 Å². The fourth-order valence-electron chi connectivity index (χ4n) is 4.07. The molecule has 0 saturated heterocycles. The van der Waals surface area contributed by atoms with E-state index in [-0.39, 0.29) is 16.9 Å². The van der Waals surface area contributed by atoms with Gasteiger partial charge in [-0.25, -0.2) is 0 Å². The Morgan fingerprint density at radius 3 is 2.64 bits per heavy atom. The lowest BCUT2D eigenvalue weighted by Gasteiger charge is -2.17. The summed E-state index contributed by atoms with van der Waals surface area (Å²) in [5.41, 5.74) is 2.56. The van der Waals surface area contributed by atoms with Crippen molar-refractivity contribution in [2.24, 2.45) is 0 Å². The van der Waals surface area contributed by atoms with Crippen molar-refractivity contribution in [1.29, 1.82) is 5.26 Å². The molecule has 0 aliphatic heterocycles. The molecule has 4 aromatic carbocycles. The van der Waals surface area contributed by atoms with E-state index in [1.807, 2.05) is 32.0 Å². The van der Waals surface area contributed by atoms with Gasteiger partial charge in [-0.2, -0.15) is 5.26 Å². The standard InChI is InChI=1S/C30H24BrN3O5/c1-3-38-28-15-20(13-22(17-32)30(35)33-23-8-6-9-24(16-23)34(36)37)14-27(31)29(28)39-18-26-19(2)11-12-21-7-4-5-10-25(21)26/h4-16H,3,18H2,1-2H3,(H,33,35)/b22-13+. The van der Waals surface area contributed by atoms with Crippen molar-refractivity contribution in [2.45, 2.75) is 20.5 Å². The quantitative estimate of drug-likeness (QED) is 0.0950. The second-order valence-electron chi connectivity index (χ2n) is 8.57. The van der Waals surface area contributed by atoms with Crippen LogP contribution < -0.4 is 14.8 Å². The zero-order valence-corrected chi connectivity index (χ0v) is 22.8. The number of benzene rings is 4. The largest absolute Gasteiger partial charge is 0.490 e. The van der Waals surface area contributed by atoms with E-state index in [1.54, 1.807) is 12.1 Å². The average Bonchev–Trinajstić information content (AvgIpc) is 2.92. The highest BCUT2D eigenvalue weighted by Gasteiger charge is 2.16. The minimum atomic E-state index is -0.696. The number of nitrogens with zero attached hydrogens (tertiary/aromatic N) is 2. The van der Waals surface area contributed by atoms with Crippen molar-refractivity contribution in [2.75, 3.05) is 11.9 Å². The fraction of sp³-hybridized carbons (Fsp3) is 0.133. The first kappa shape index (κ1) is 27.4. The van der Waals surface area contributed by atoms with E-state index in [2.05, 4.69) is 45.5 Å². The number of nitrogens with one attached hydrogen (secondary N) is 1. The summed E-state index contributed by atoms with van der Waals surface area (Å²) in [6.45, 7) is 4.58. The normalized spacial score (nSPS) is 11.1. The number of carbonyl (C=O) groups is 1. The van der Waals surface area contributed by atoms with E-state index < -0.39 is 10.8 Å². The molecule has 1 N–H and O–H groups in total. The number of non-ortho nitro benzene ring substituents is 1. The van der Waals surface area contributed by atoms with Gasteiger partial charge in [0, 0.05) is 23.4 Å². The number of ether oxygens (including phenoxy) is 2. The number of anilines is 1. The number of hydrogen-bond donors (Lipinski definition) is 1. The van der Waals surface area contributed by atoms with Gasteiger partial charge in [0.2, 0.25) is 0 Å². The number of carbonyl (C=O) groups excluding carboxylic acids is 1. The summed E-state index contributed by atoms with van der Waals surface area (Å²) in [4.78, 5) is 23.2. The lowest BCUT2D eigenvalue weighted by Crippen LogP contribution is -2.13. The maximum Gasteiger partial charge on any atom is 0.271 e. The molecule has 0 atom stereocenters. The van der Waals surface area contributed by atoms with Crippen LogP contribution in [0, 0.1) is 28.4 Å². The monoisotopic (exact) mass is 585 g/mol. The number of rotatable bonds is 9. The maximum absolute atomic E-state index is 12.8. The van der Waals surface area contributed by atoms with Crippen LogP contribution in [0.3, 0.4) is 0 Å². The summed E-state index contributed by atoms with van der Waals surface area (Å²) in [7, 11) is 0. The molecule has 0 fully saturated rings. The van der Waals surface area contributed by atoms with Crippen LogP contribution in [0.25, 0.3) is 16.8 Å². The third-order valence-corrected chi connectivity index (χ3v) is 6.55. The molecule has 9 heteroatoms. The Kier molecular flexibility index (Phi) is 8.59. The van der Waals surface area contributed by atoms with E-state index in [1.165, 1.54) is 30.3 Å². The molecule has 1 amide bonds. The molecule has 39 heavy (non-hydrogen) atoms. The summed E-state index contributed by atoms with van der Waals surface area (Å²) < 4.78 is 12.7. The van der Waals surface area contributed by atoms with E-state index in [4.69, 9.17) is 9.47 Å². The van der Waals surface area contributed by atoms with Crippen molar-refractivity contribution in [1.82, 2.24) is 0 Å². The summed E-state index contributed by atoms with van der Waals surface area (Å²) in [6.07, 6.45) is 1.42. The third kappa shape index (κ3) is 6.43. The number of nitro benzene ring substituents is 1. The number of halogens is 1. The SMILES string of the molecule is CCOc1cc(/C=C(\C#N)C(=O)Nc2cccc([N+](=O)[O-])c2)cc(Br)c1OCc1c(C)ccc2ccccc12. The van der Waals surface area contributed by atoms with E-state index >= 15 is 0 Å². The molecule has 8 nitrogen and oxygen atoms in total. The molecule has 0 aliphatic rings. The second kappa shape index (κ2) is 12.2. The van der Waals surface area contributed by atoms with Crippen molar-refractivity contribution < 1.29 is 19.2 Å².